The fourth-order valence-corrected chi connectivity index (χ4v) is 3.95. The maximum absolute atomic E-state index is 6.09. The SMILES string of the molecule is COc1cc(N\N=C/C=N/C2=C(\C)CCCCCCC2C)c(Br)cc1Cl. The Labute approximate surface area is 169 Å². The minimum atomic E-state index is 0.500. The van der Waals surface area contributed by atoms with E-state index in [1.807, 2.05) is 0 Å². The van der Waals surface area contributed by atoms with E-state index in [4.69, 9.17) is 21.3 Å². The number of aliphatic imine (C=N–C) groups is 1. The number of allylic oxidation sites excluding steroid dienone is 2. The molecule has 1 aliphatic carbocycles. The number of hydrazone groups is 1. The number of rotatable bonds is 5. The van der Waals surface area contributed by atoms with Gasteiger partial charge in [0.15, 0.2) is 0 Å². The third-order valence-electron chi connectivity index (χ3n) is 4.62. The van der Waals surface area contributed by atoms with Gasteiger partial charge in [-0.1, -0.05) is 43.4 Å². The van der Waals surface area contributed by atoms with E-state index in [1.54, 1.807) is 31.7 Å². The first kappa shape index (κ1) is 21.0. The molecule has 1 atom stereocenters. The maximum atomic E-state index is 6.09. The summed E-state index contributed by atoms with van der Waals surface area (Å²) in [5.41, 5.74) is 6.38. The lowest BCUT2D eigenvalue weighted by Gasteiger charge is -2.13. The van der Waals surface area contributed by atoms with Gasteiger partial charge in [0.25, 0.3) is 0 Å². The van der Waals surface area contributed by atoms with Crippen LogP contribution in [0.3, 0.4) is 0 Å². The van der Waals surface area contributed by atoms with Crippen LogP contribution >= 0.6 is 27.5 Å². The van der Waals surface area contributed by atoms with Crippen LogP contribution in [0, 0.1) is 5.92 Å². The number of methoxy groups -OCH3 is 1. The number of hydrogen-bond acceptors (Lipinski definition) is 4. The van der Waals surface area contributed by atoms with E-state index in [0.717, 1.165) is 16.6 Å². The highest BCUT2D eigenvalue weighted by molar-refractivity contribution is 9.10. The molecule has 1 unspecified atom stereocenters. The summed E-state index contributed by atoms with van der Waals surface area (Å²) in [6.45, 7) is 4.48. The van der Waals surface area contributed by atoms with Crippen molar-refractivity contribution in [2.45, 2.75) is 52.4 Å². The lowest BCUT2D eigenvalue weighted by Crippen LogP contribution is -2.01. The summed E-state index contributed by atoms with van der Waals surface area (Å²) in [4.78, 5) is 4.70. The first-order chi connectivity index (χ1) is 12.5. The number of anilines is 1. The van der Waals surface area contributed by atoms with Gasteiger partial charge in [0.2, 0.25) is 0 Å². The second kappa shape index (κ2) is 10.7. The molecular formula is C20H27BrClN3O. The zero-order valence-electron chi connectivity index (χ0n) is 15.7. The molecule has 26 heavy (non-hydrogen) atoms. The van der Waals surface area contributed by atoms with Crippen molar-refractivity contribution in [3.8, 4) is 5.75 Å². The molecule has 6 heteroatoms. The Morgan fingerprint density at radius 2 is 2.00 bits per heavy atom. The van der Waals surface area contributed by atoms with E-state index in [1.165, 1.54) is 43.4 Å². The van der Waals surface area contributed by atoms with Crippen LogP contribution in [0.5, 0.6) is 5.75 Å². The van der Waals surface area contributed by atoms with E-state index in [0.29, 0.717) is 16.7 Å². The van der Waals surface area contributed by atoms with Crippen LogP contribution in [0.2, 0.25) is 5.02 Å². The second-order valence-corrected chi connectivity index (χ2v) is 7.92. The van der Waals surface area contributed by atoms with Gasteiger partial charge in [0.1, 0.15) is 5.75 Å². The molecule has 1 aliphatic rings. The van der Waals surface area contributed by atoms with Gasteiger partial charge in [-0.2, -0.15) is 5.10 Å². The summed E-state index contributed by atoms with van der Waals surface area (Å²) in [5.74, 6) is 1.10. The van der Waals surface area contributed by atoms with Gasteiger partial charge in [-0.25, -0.2) is 0 Å². The molecule has 0 bridgehead atoms. The summed E-state index contributed by atoms with van der Waals surface area (Å²) in [5, 5.41) is 4.78. The van der Waals surface area contributed by atoms with Gasteiger partial charge in [0.05, 0.1) is 24.0 Å². The molecule has 0 aromatic heterocycles. The molecule has 1 aromatic carbocycles. The standard InChI is InChI=1S/C20H27BrClN3O/c1-14-8-6-4-5-7-9-15(2)20(14)23-10-11-24-25-18-13-19(26-3)17(22)12-16(18)21/h10-14,25H,4-9H2,1-3H3/b20-15+,23-10+,24-11-. The molecule has 0 saturated carbocycles. The third-order valence-corrected chi connectivity index (χ3v) is 5.58. The highest BCUT2D eigenvalue weighted by Crippen LogP contribution is 2.34. The molecule has 0 amide bonds. The fraction of sp³-hybridized carbons (Fsp3) is 0.500. The number of halogens is 2. The average Bonchev–Trinajstić information content (AvgIpc) is 2.68. The zero-order valence-corrected chi connectivity index (χ0v) is 18.0. The topological polar surface area (TPSA) is 46.0 Å². The largest absolute Gasteiger partial charge is 0.495 e. The van der Waals surface area contributed by atoms with Crippen LogP contribution in [-0.4, -0.2) is 19.5 Å². The van der Waals surface area contributed by atoms with Crippen molar-refractivity contribution in [3.63, 3.8) is 0 Å². The molecule has 0 fully saturated rings. The van der Waals surface area contributed by atoms with Crippen molar-refractivity contribution in [3.05, 3.63) is 32.9 Å². The highest BCUT2D eigenvalue weighted by atomic mass is 79.9. The normalized spacial score (nSPS) is 22.3. The average molecular weight is 441 g/mol. The molecule has 0 saturated heterocycles. The Morgan fingerprint density at radius 3 is 2.77 bits per heavy atom. The predicted octanol–water partition coefficient (Wildman–Crippen LogP) is 6.84. The molecule has 2 rings (SSSR count). The van der Waals surface area contributed by atoms with Crippen LogP contribution in [0.4, 0.5) is 5.69 Å². The summed E-state index contributed by atoms with van der Waals surface area (Å²) in [6, 6.07) is 3.58. The van der Waals surface area contributed by atoms with E-state index in [2.05, 4.69) is 40.3 Å². The lowest BCUT2D eigenvalue weighted by atomic mass is 9.98. The number of benzene rings is 1. The van der Waals surface area contributed by atoms with Gasteiger partial charge in [0, 0.05) is 22.5 Å². The Morgan fingerprint density at radius 1 is 1.23 bits per heavy atom. The monoisotopic (exact) mass is 439 g/mol. The van der Waals surface area contributed by atoms with Crippen LogP contribution in [0.25, 0.3) is 0 Å². The molecule has 0 radical (unpaired) electrons. The summed E-state index contributed by atoms with van der Waals surface area (Å²) >= 11 is 9.55. The van der Waals surface area contributed by atoms with E-state index in [9.17, 15) is 0 Å². The van der Waals surface area contributed by atoms with Gasteiger partial charge in [-0.15, -0.1) is 0 Å². The Bertz CT molecular complexity index is 701. The number of nitrogens with zero attached hydrogens (tertiary/aromatic N) is 2. The first-order valence-corrected chi connectivity index (χ1v) is 10.2. The number of nitrogens with one attached hydrogen (secondary N) is 1. The van der Waals surface area contributed by atoms with Crippen molar-refractivity contribution in [1.29, 1.82) is 0 Å². The molecule has 1 aromatic rings. The number of hydrogen-bond donors (Lipinski definition) is 1. The molecule has 142 valence electrons. The fourth-order valence-electron chi connectivity index (χ4n) is 3.14. The van der Waals surface area contributed by atoms with Gasteiger partial charge in [-0.05, 0) is 54.1 Å². The van der Waals surface area contributed by atoms with Crippen molar-refractivity contribution in [1.82, 2.24) is 0 Å². The van der Waals surface area contributed by atoms with Gasteiger partial charge in [-0.3, -0.25) is 10.4 Å². The van der Waals surface area contributed by atoms with Crippen LogP contribution in [0.1, 0.15) is 52.4 Å². The molecule has 0 aliphatic heterocycles. The quantitative estimate of drug-likeness (QED) is 0.402. The van der Waals surface area contributed by atoms with Crippen molar-refractivity contribution in [2.75, 3.05) is 12.5 Å². The van der Waals surface area contributed by atoms with Crippen molar-refractivity contribution < 1.29 is 4.74 Å². The highest BCUT2D eigenvalue weighted by Gasteiger charge is 2.12. The Balaban J connectivity index is 2.03. The van der Waals surface area contributed by atoms with Crippen LogP contribution < -0.4 is 10.2 Å². The predicted molar refractivity (Wildman–Crippen MR) is 116 cm³/mol. The molecule has 4 nitrogen and oxygen atoms in total. The minimum absolute atomic E-state index is 0.500. The van der Waals surface area contributed by atoms with Gasteiger partial charge < -0.3 is 4.74 Å². The van der Waals surface area contributed by atoms with Crippen molar-refractivity contribution >= 4 is 45.6 Å². The van der Waals surface area contributed by atoms with Crippen LogP contribution in [-0.2, 0) is 0 Å². The summed E-state index contributed by atoms with van der Waals surface area (Å²) in [7, 11) is 1.59. The van der Waals surface area contributed by atoms with Gasteiger partial charge >= 0.3 is 0 Å². The summed E-state index contributed by atoms with van der Waals surface area (Å²) < 4.78 is 6.05. The second-order valence-electron chi connectivity index (χ2n) is 6.65. The Hall–Kier alpha value is -1.33. The first-order valence-electron chi connectivity index (χ1n) is 9.07. The van der Waals surface area contributed by atoms with Crippen molar-refractivity contribution in [2.24, 2.45) is 16.0 Å². The minimum Gasteiger partial charge on any atom is -0.495 e. The molecule has 0 spiro atoms. The number of ether oxygens (including phenoxy) is 1. The molecular weight excluding hydrogens is 414 g/mol. The molecule has 0 heterocycles. The third kappa shape index (κ3) is 6.13. The van der Waals surface area contributed by atoms with Crippen LogP contribution in [0.15, 0.2) is 38.0 Å². The van der Waals surface area contributed by atoms with E-state index < -0.39 is 0 Å². The Kier molecular flexibility index (Phi) is 8.66. The maximum Gasteiger partial charge on any atom is 0.139 e. The van der Waals surface area contributed by atoms with E-state index >= 15 is 0 Å². The summed E-state index contributed by atoms with van der Waals surface area (Å²) in [6.07, 6.45) is 11.0. The lowest BCUT2D eigenvalue weighted by molar-refractivity contribution is 0.415. The molecule has 1 N–H and O–H groups in total. The zero-order chi connectivity index (χ0) is 18.9. The van der Waals surface area contributed by atoms with E-state index in [-0.39, 0.29) is 0 Å². The smallest absolute Gasteiger partial charge is 0.139 e.